The summed E-state index contributed by atoms with van der Waals surface area (Å²) in [5.41, 5.74) is -0.571. The summed E-state index contributed by atoms with van der Waals surface area (Å²) in [6.07, 6.45) is 5.06. The van der Waals surface area contributed by atoms with E-state index in [1.807, 2.05) is 13.8 Å². The highest BCUT2D eigenvalue weighted by Gasteiger charge is 2.34. The maximum Gasteiger partial charge on any atom is 0.0771 e. The van der Waals surface area contributed by atoms with E-state index >= 15 is 0 Å². The zero-order valence-corrected chi connectivity index (χ0v) is 11.1. The van der Waals surface area contributed by atoms with Crippen LogP contribution in [-0.2, 0) is 4.74 Å². The van der Waals surface area contributed by atoms with Crippen molar-refractivity contribution in [2.24, 2.45) is 5.92 Å². The summed E-state index contributed by atoms with van der Waals surface area (Å²) in [5, 5.41) is 13.8. The molecule has 96 valence electrons. The van der Waals surface area contributed by atoms with Crippen LogP contribution < -0.4 is 5.32 Å². The zero-order valence-electron chi connectivity index (χ0n) is 11.1. The molecule has 0 spiro atoms. The third-order valence-corrected chi connectivity index (χ3v) is 4.09. The molecule has 0 aromatic carbocycles. The van der Waals surface area contributed by atoms with Crippen molar-refractivity contribution in [3.8, 4) is 0 Å². The molecule has 0 aromatic heterocycles. The summed E-state index contributed by atoms with van der Waals surface area (Å²) in [6.45, 7) is 6.76. The molecule has 1 rings (SSSR count). The standard InChI is InChI=1S/C13H27NO2/c1-10(11(2)16-4)14-9-13(3,15)12-7-5-6-8-12/h10-12,14-15H,5-9H2,1-4H3. The number of nitrogens with one attached hydrogen (secondary N) is 1. The van der Waals surface area contributed by atoms with Gasteiger partial charge in [-0.05, 0) is 39.5 Å². The fourth-order valence-corrected chi connectivity index (χ4v) is 2.43. The number of aliphatic hydroxyl groups is 1. The molecule has 3 unspecified atom stereocenters. The quantitative estimate of drug-likeness (QED) is 0.731. The second kappa shape index (κ2) is 5.99. The van der Waals surface area contributed by atoms with E-state index in [1.54, 1.807) is 7.11 Å². The average molecular weight is 229 g/mol. The van der Waals surface area contributed by atoms with Gasteiger partial charge in [0.1, 0.15) is 0 Å². The predicted octanol–water partition coefficient (Wildman–Crippen LogP) is 1.94. The van der Waals surface area contributed by atoms with Gasteiger partial charge in [0, 0.05) is 19.7 Å². The van der Waals surface area contributed by atoms with Gasteiger partial charge in [-0.1, -0.05) is 12.8 Å². The lowest BCUT2D eigenvalue weighted by Crippen LogP contribution is -2.48. The fourth-order valence-electron chi connectivity index (χ4n) is 2.43. The Morgan fingerprint density at radius 2 is 1.94 bits per heavy atom. The molecular formula is C13H27NO2. The van der Waals surface area contributed by atoms with E-state index in [2.05, 4.69) is 12.2 Å². The van der Waals surface area contributed by atoms with Crippen LogP contribution in [0.25, 0.3) is 0 Å². The van der Waals surface area contributed by atoms with Crippen molar-refractivity contribution in [3.05, 3.63) is 0 Å². The second-order valence-electron chi connectivity index (χ2n) is 5.45. The van der Waals surface area contributed by atoms with Gasteiger partial charge in [-0.15, -0.1) is 0 Å². The largest absolute Gasteiger partial charge is 0.389 e. The molecule has 3 atom stereocenters. The minimum atomic E-state index is -0.571. The van der Waals surface area contributed by atoms with Crippen LogP contribution >= 0.6 is 0 Å². The van der Waals surface area contributed by atoms with Crippen LogP contribution in [0.2, 0.25) is 0 Å². The summed E-state index contributed by atoms with van der Waals surface area (Å²) in [6, 6.07) is 0.276. The third-order valence-electron chi connectivity index (χ3n) is 4.09. The molecule has 2 N–H and O–H groups in total. The Hall–Kier alpha value is -0.120. The highest BCUT2D eigenvalue weighted by molar-refractivity contribution is 4.88. The molecule has 1 aliphatic rings. The number of ether oxygens (including phenoxy) is 1. The van der Waals surface area contributed by atoms with Crippen LogP contribution in [0.15, 0.2) is 0 Å². The van der Waals surface area contributed by atoms with Gasteiger partial charge in [-0.2, -0.15) is 0 Å². The van der Waals surface area contributed by atoms with Crippen LogP contribution in [0.5, 0.6) is 0 Å². The summed E-state index contributed by atoms with van der Waals surface area (Å²) in [7, 11) is 1.72. The van der Waals surface area contributed by atoms with E-state index in [-0.39, 0.29) is 12.1 Å². The van der Waals surface area contributed by atoms with Gasteiger partial charge in [-0.3, -0.25) is 0 Å². The van der Waals surface area contributed by atoms with Gasteiger partial charge in [0.15, 0.2) is 0 Å². The Morgan fingerprint density at radius 1 is 1.38 bits per heavy atom. The lowest BCUT2D eigenvalue weighted by molar-refractivity contribution is -0.00570. The summed E-state index contributed by atoms with van der Waals surface area (Å²) >= 11 is 0. The monoisotopic (exact) mass is 229 g/mol. The van der Waals surface area contributed by atoms with E-state index in [0.717, 1.165) is 0 Å². The lowest BCUT2D eigenvalue weighted by atomic mass is 9.87. The maximum absolute atomic E-state index is 10.4. The van der Waals surface area contributed by atoms with E-state index in [1.165, 1.54) is 25.7 Å². The van der Waals surface area contributed by atoms with Gasteiger partial charge >= 0.3 is 0 Å². The van der Waals surface area contributed by atoms with Gasteiger partial charge in [0.25, 0.3) is 0 Å². The zero-order chi connectivity index (χ0) is 12.2. The van der Waals surface area contributed by atoms with E-state index in [4.69, 9.17) is 4.74 Å². The Bertz CT molecular complexity index is 200. The number of methoxy groups -OCH3 is 1. The second-order valence-corrected chi connectivity index (χ2v) is 5.45. The minimum Gasteiger partial charge on any atom is -0.389 e. The SMILES string of the molecule is COC(C)C(C)NCC(C)(O)C1CCCC1. The molecular weight excluding hydrogens is 202 g/mol. The number of hydrogen-bond acceptors (Lipinski definition) is 3. The first kappa shape index (κ1) is 13.9. The van der Waals surface area contributed by atoms with E-state index in [0.29, 0.717) is 12.5 Å². The Balaban J connectivity index is 2.34. The van der Waals surface area contributed by atoms with Crippen LogP contribution in [0.4, 0.5) is 0 Å². The third kappa shape index (κ3) is 3.72. The maximum atomic E-state index is 10.4. The topological polar surface area (TPSA) is 41.5 Å². The van der Waals surface area contributed by atoms with Crippen molar-refractivity contribution < 1.29 is 9.84 Å². The highest BCUT2D eigenvalue weighted by atomic mass is 16.5. The Labute approximate surface area is 99.6 Å². The van der Waals surface area contributed by atoms with Gasteiger partial charge in [0.2, 0.25) is 0 Å². The molecule has 0 amide bonds. The van der Waals surface area contributed by atoms with Crippen LogP contribution in [0, 0.1) is 5.92 Å². The first-order chi connectivity index (χ1) is 7.47. The molecule has 1 fully saturated rings. The molecule has 0 aromatic rings. The molecule has 0 radical (unpaired) electrons. The van der Waals surface area contributed by atoms with Crippen molar-refractivity contribution >= 4 is 0 Å². The molecule has 3 heteroatoms. The minimum absolute atomic E-state index is 0.180. The Morgan fingerprint density at radius 3 is 2.44 bits per heavy atom. The van der Waals surface area contributed by atoms with Crippen molar-refractivity contribution in [1.29, 1.82) is 0 Å². The van der Waals surface area contributed by atoms with Gasteiger partial charge in [0.05, 0.1) is 11.7 Å². The van der Waals surface area contributed by atoms with Gasteiger partial charge < -0.3 is 15.2 Å². The summed E-state index contributed by atoms with van der Waals surface area (Å²) < 4.78 is 5.26. The molecule has 0 saturated heterocycles. The van der Waals surface area contributed by atoms with Crippen molar-refractivity contribution in [2.45, 2.75) is 64.2 Å². The van der Waals surface area contributed by atoms with E-state index in [9.17, 15) is 5.11 Å². The van der Waals surface area contributed by atoms with Crippen molar-refractivity contribution in [2.75, 3.05) is 13.7 Å². The lowest BCUT2D eigenvalue weighted by Gasteiger charge is -2.32. The predicted molar refractivity (Wildman–Crippen MR) is 66.5 cm³/mol. The van der Waals surface area contributed by atoms with Crippen LogP contribution in [-0.4, -0.2) is 36.5 Å². The molecule has 0 aliphatic heterocycles. The Kier molecular flexibility index (Phi) is 5.22. The fraction of sp³-hybridized carbons (Fsp3) is 1.00. The smallest absolute Gasteiger partial charge is 0.0771 e. The molecule has 1 aliphatic carbocycles. The van der Waals surface area contributed by atoms with Crippen molar-refractivity contribution in [3.63, 3.8) is 0 Å². The summed E-state index contributed by atoms with van der Waals surface area (Å²) in [4.78, 5) is 0. The number of hydrogen-bond donors (Lipinski definition) is 2. The van der Waals surface area contributed by atoms with Crippen LogP contribution in [0.3, 0.4) is 0 Å². The highest BCUT2D eigenvalue weighted by Crippen LogP contribution is 2.33. The van der Waals surface area contributed by atoms with Crippen molar-refractivity contribution in [1.82, 2.24) is 5.32 Å². The molecule has 1 saturated carbocycles. The first-order valence-electron chi connectivity index (χ1n) is 6.46. The molecule has 3 nitrogen and oxygen atoms in total. The average Bonchev–Trinajstić information content (AvgIpc) is 2.78. The van der Waals surface area contributed by atoms with Crippen LogP contribution in [0.1, 0.15) is 46.5 Å². The summed E-state index contributed by atoms with van der Waals surface area (Å²) in [5.74, 6) is 0.463. The van der Waals surface area contributed by atoms with Gasteiger partial charge in [-0.25, -0.2) is 0 Å². The number of rotatable bonds is 6. The molecule has 0 heterocycles. The molecule has 16 heavy (non-hydrogen) atoms. The van der Waals surface area contributed by atoms with E-state index < -0.39 is 5.60 Å². The molecule has 0 bridgehead atoms. The normalized spacial score (nSPS) is 25.3. The first-order valence-corrected chi connectivity index (χ1v) is 6.46.